The van der Waals surface area contributed by atoms with Crippen LogP contribution in [0.4, 0.5) is 10.5 Å². The lowest BCUT2D eigenvalue weighted by Crippen LogP contribution is -2.27. The Hall–Kier alpha value is -2.85. The Kier molecular flexibility index (Phi) is 6.70. The highest BCUT2D eigenvalue weighted by Gasteiger charge is 2.22. The van der Waals surface area contributed by atoms with E-state index in [1.807, 2.05) is 0 Å². The van der Waals surface area contributed by atoms with Gasteiger partial charge in [-0.3, -0.25) is 5.32 Å². The van der Waals surface area contributed by atoms with Crippen LogP contribution in [0.5, 0.6) is 0 Å². The van der Waals surface area contributed by atoms with Crippen molar-refractivity contribution in [1.29, 1.82) is 0 Å². The van der Waals surface area contributed by atoms with Gasteiger partial charge in [-0.1, -0.05) is 6.07 Å². The number of hydrogen-bond donors (Lipinski definition) is 1. The van der Waals surface area contributed by atoms with Gasteiger partial charge in [-0.05, 0) is 51.1 Å². The van der Waals surface area contributed by atoms with Crippen LogP contribution in [-0.4, -0.2) is 44.5 Å². The van der Waals surface area contributed by atoms with E-state index in [4.69, 9.17) is 13.9 Å². The van der Waals surface area contributed by atoms with Gasteiger partial charge in [0.2, 0.25) is 5.09 Å². The van der Waals surface area contributed by atoms with Crippen LogP contribution in [0.3, 0.4) is 0 Å². The average molecular weight is 424 g/mol. The lowest BCUT2D eigenvalue weighted by molar-refractivity contribution is 0.0440. The fourth-order valence-electron chi connectivity index (χ4n) is 2.12. The van der Waals surface area contributed by atoms with Gasteiger partial charge in [-0.2, -0.15) is 0 Å². The first-order chi connectivity index (χ1) is 13.4. The van der Waals surface area contributed by atoms with Crippen molar-refractivity contribution >= 4 is 27.8 Å². The smallest absolute Gasteiger partial charge is 0.412 e. The predicted octanol–water partition coefficient (Wildman–Crippen LogP) is 3.23. The molecule has 0 spiro atoms. The number of nitrogens with zero attached hydrogens (tertiary/aromatic N) is 1. The third kappa shape index (κ3) is 6.33. The summed E-state index contributed by atoms with van der Waals surface area (Å²) < 4.78 is 40.6. The molecule has 0 radical (unpaired) electrons. The first-order valence-electron chi connectivity index (χ1n) is 8.67. The molecule has 0 bridgehead atoms. The molecule has 0 aliphatic rings. The van der Waals surface area contributed by atoms with E-state index in [1.54, 1.807) is 32.9 Å². The van der Waals surface area contributed by atoms with Crippen LogP contribution in [0.15, 0.2) is 45.9 Å². The van der Waals surface area contributed by atoms with E-state index >= 15 is 0 Å². The van der Waals surface area contributed by atoms with Crippen LogP contribution in [0.2, 0.25) is 0 Å². The SMILES string of the molecule is CN(C)S(=O)(=O)c1ccc(COC(=O)c2cccc(NC(=O)OC(C)(C)C)c2)o1. The summed E-state index contributed by atoms with van der Waals surface area (Å²) in [6, 6.07) is 8.86. The minimum atomic E-state index is -3.70. The molecule has 2 aromatic rings. The number of carbonyl (C=O) groups excluding carboxylic acids is 2. The van der Waals surface area contributed by atoms with Gasteiger partial charge in [-0.15, -0.1) is 0 Å². The Morgan fingerprint density at radius 3 is 2.45 bits per heavy atom. The third-order valence-corrected chi connectivity index (χ3v) is 5.15. The van der Waals surface area contributed by atoms with Crippen LogP contribution in [0, 0.1) is 0 Å². The fourth-order valence-corrected chi connectivity index (χ4v) is 2.93. The summed E-state index contributed by atoms with van der Waals surface area (Å²) in [5, 5.41) is 2.30. The molecule has 29 heavy (non-hydrogen) atoms. The van der Waals surface area contributed by atoms with Crippen LogP contribution in [-0.2, 0) is 26.1 Å². The van der Waals surface area contributed by atoms with Crippen molar-refractivity contribution in [3.05, 3.63) is 47.7 Å². The van der Waals surface area contributed by atoms with Crippen molar-refractivity contribution in [3.63, 3.8) is 0 Å². The molecule has 1 aromatic heterocycles. The first-order valence-corrected chi connectivity index (χ1v) is 10.1. The summed E-state index contributed by atoms with van der Waals surface area (Å²) in [6.45, 7) is 4.98. The van der Waals surface area contributed by atoms with Gasteiger partial charge < -0.3 is 13.9 Å². The maximum atomic E-state index is 12.3. The Labute approximate surface area is 169 Å². The molecule has 0 atom stereocenters. The number of rotatable bonds is 6. The zero-order valence-electron chi connectivity index (χ0n) is 16.9. The molecular weight excluding hydrogens is 400 g/mol. The number of ether oxygens (including phenoxy) is 2. The Balaban J connectivity index is 2.00. The second-order valence-electron chi connectivity index (χ2n) is 7.29. The van der Waals surface area contributed by atoms with E-state index in [2.05, 4.69) is 5.32 Å². The maximum absolute atomic E-state index is 12.3. The Morgan fingerprint density at radius 1 is 1.14 bits per heavy atom. The lowest BCUT2D eigenvalue weighted by atomic mass is 10.2. The second kappa shape index (κ2) is 8.66. The van der Waals surface area contributed by atoms with Crippen molar-refractivity contribution in [2.45, 2.75) is 38.1 Å². The number of furan rings is 1. The van der Waals surface area contributed by atoms with Gasteiger partial charge in [0.25, 0.3) is 10.0 Å². The van der Waals surface area contributed by atoms with E-state index < -0.39 is 27.7 Å². The normalized spacial score (nSPS) is 11.9. The molecule has 0 saturated heterocycles. The zero-order valence-corrected chi connectivity index (χ0v) is 17.7. The quantitative estimate of drug-likeness (QED) is 0.708. The van der Waals surface area contributed by atoms with E-state index in [0.29, 0.717) is 5.69 Å². The summed E-state index contributed by atoms with van der Waals surface area (Å²) in [4.78, 5) is 24.1. The molecule has 0 aliphatic carbocycles. The van der Waals surface area contributed by atoms with E-state index in [1.165, 1.54) is 38.4 Å². The summed E-state index contributed by atoms with van der Waals surface area (Å²) >= 11 is 0. The minimum Gasteiger partial charge on any atom is -0.454 e. The van der Waals surface area contributed by atoms with Crippen LogP contribution >= 0.6 is 0 Å². The van der Waals surface area contributed by atoms with Crippen molar-refractivity contribution < 1.29 is 31.9 Å². The average Bonchev–Trinajstić information content (AvgIpc) is 3.07. The van der Waals surface area contributed by atoms with Gasteiger partial charge in [-0.25, -0.2) is 22.3 Å². The fraction of sp³-hybridized carbons (Fsp3) is 0.368. The van der Waals surface area contributed by atoms with Crippen molar-refractivity contribution in [3.8, 4) is 0 Å². The molecule has 9 nitrogen and oxygen atoms in total. The molecule has 10 heteroatoms. The number of hydrogen-bond acceptors (Lipinski definition) is 7. The molecule has 1 aromatic carbocycles. The molecule has 0 saturated carbocycles. The minimum absolute atomic E-state index is 0.182. The number of amides is 1. The van der Waals surface area contributed by atoms with Crippen molar-refractivity contribution in [1.82, 2.24) is 4.31 Å². The standard InChI is InChI=1S/C19H24N2O7S/c1-19(2,3)28-18(23)20-14-8-6-7-13(11-14)17(22)26-12-15-9-10-16(27-15)29(24,25)21(4)5/h6-11H,12H2,1-5H3,(H,20,23). The zero-order chi connectivity index (χ0) is 21.8. The van der Waals surface area contributed by atoms with E-state index in [9.17, 15) is 18.0 Å². The highest BCUT2D eigenvalue weighted by Crippen LogP contribution is 2.19. The predicted molar refractivity (Wildman–Crippen MR) is 105 cm³/mol. The van der Waals surface area contributed by atoms with Crippen molar-refractivity contribution in [2.75, 3.05) is 19.4 Å². The second-order valence-corrected chi connectivity index (χ2v) is 9.37. The number of nitrogens with one attached hydrogen (secondary N) is 1. The summed E-state index contributed by atoms with van der Waals surface area (Å²) in [7, 11) is -0.933. The third-order valence-electron chi connectivity index (χ3n) is 3.46. The molecule has 0 aliphatic heterocycles. The van der Waals surface area contributed by atoms with Gasteiger partial charge in [0.05, 0.1) is 5.56 Å². The number of sulfonamides is 1. The first kappa shape index (κ1) is 22.4. The van der Waals surface area contributed by atoms with Crippen LogP contribution in [0.1, 0.15) is 36.9 Å². The summed E-state index contributed by atoms with van der Waals surface area (Å²) in [5.74, 6) is -0.479. The van der Waals surface area contributed by atoms with Gasteiger partial charge in [0.15, 0.2) is 0 Å². The monoisotopic (exact) mass is 424 g/mol. The highest BCUT2D eigenvalue weighted by atomic mass is 32.2. The Bertz CT molecular complexity index is 988. The van der Waals surface area contributed by atoms with E-state index in [0.717, 1.165) is 4.31 Å². The number of anilines is 1. The summed E-state index contributed by atoms with van der Waals surface area (Å²) in [6.07, 6.45) is -0.645. The highest BCUT2D eigenvalue weighted by molar-refractivity contribution is 7.88. The molecule has 0 unspecified atom stereocenters. The molecular formula is C19H24N2O7S. The molecule has 1 N–H and O–H groups in total. The Morgan fingerprint density at radius 2 is 1.83 bits per heavy atom. The molecule has 2 rings (SSSR count). The van der Waals surface area contributed by atoms with Crippen LogP contribution < -0.4 is 5.32 Å². The van der Waals surface area contributed by atoms with Crippen molar-refractivity contribution in [2.24, 2.45) is 0 Å². The lowest BCUT2D eigenvalue weighted by Gasteiger charge is -2.19. The van der Waals surface area contributed by atoms with Gasteiger partial charge in [0.1, 0.15) is 18.0 Å². The van der Waals surface area contributed by atoms with E-state index in [-0.39, 0.29) is 23.0 Å². The summed E-state index contributed by atoms with van der Waals surface area (Å²) in [5.41, 5.74) is -0.0833. The molecule has 1 amide bonds. The number of benzene rings is 1. The topological polar surface area (TPSA) is 115 Å². The van der Waals surface area contributed by atoms with Gasteiger partial charge in [0, 0.05) is 19.8 Å². The molecule has 158 valence electrons. The largest absolute Gasteiger partial charge is 0.454 e. The van der Waals surface area contributed by atoms with Gasteiger partial charge >= 0.3 is 12.1 Å². The number of carbonyl (C=O) groups is 2. The molecule has 1 heterocycles. The number of esters is 1. The molecule has 0 fully saturated rings. The maximum Gasteiger partial charge on any atom is 0.412 e. The van der Waals surface area contributed by atoms with Crippen LogP contribution in [0.25, 0.3) is 0 Å².